The number of ether oxygens (including phenoxy) is 1. The van der Waals surface area contributed by atoms with Crippen molar-refractivity contribution in [3.05, 3.63) is 29.6 Å². The Morgan fingerprint density at radius 2 is 2.23 bits per heavy atom. The maximum Gasteiger partial charge on any atom is 0.317 e. The van der Waals surface area contributed by atoms with Crippen LogP contribution < -0.4 is 15.8 Å². The minimum Gasteiger partial charge on any atom is -0.496 e. The molecule has 0 unspecified atom stereocenters. The lowest BCUT2D eigenvalue weighted by atomic mass is 10.1. The summed E-state index contributed by atoms with van der Waals surface area (Å²) < 4.78 is 18.6. The number of methoxy groups -OCH3 is 1. The van der Waals surface area contributed by atoms with E-state index in [-0.39, 0.29) is 11.9 Å². The average molecular weight is 309 g/mol. The van der Waals surface area contributed by atoms with Gasteiger partial charge in [-0.1, -0.05) is 0 Å². The molecule has 3 N–H and O–H groups in total. The number of rotatable bonds is 4. The van der Waals surface area contributed by atoms with Gasteiger partial charge in [-0.3, -0.25) is 4.79 Å². The first-order valence-electron chi connectivity index (χ1n) is 7.10. The lowest BCUT2D eigenvalue weighted by Crippen LogP contribution is -2.40. The molecule has 2 rings (SSSR count). The number of amides is 3. The molecule has 7 heteroatoms. The van der Waals surface area contributed by atoms with E-state index in [1.807, 2.05) is 0 Å². The van der Waals surface area contributed by atoms with Gasteiger partial charge in [0.1, 0.15) is 11.6 Å². The molecule has 1 aliphatic heterocycles. The lowest BCUT2D eigenvalue weighted by Gasteiger charge is -2.22. The summed E-state index contributed by atoms with van der Waals surface area (Å²) in [5.74, 6) is -0.586. The molecule has 0 bridgehead atoms. The lowest BCUT2D eigenvalue weighted by molar-refractivity contribution is -0.121. The van der Waals surface area contributed by atoms with Crippen molar-refractivity contribution in [1.29, 1.82) is 0 Å². The van der Waals surface area contributed by atoms with Gasteiger partial charge in [0, 0.05) is 18.7 Å². The van der Waals surface area contributed by atoms with Crippen LogP contribution in [0.4, 0.5) is 9.18 Å². The minimum absolute atomic E-state index is 0.301. The smallest absolute Gasteiger partial charge is 0.317 e. The third-order valence-corrected chi connectivity index (χ3v) is 3.88. The number of primary amides is 1. The SMILES string of the molecule is COc1ccc(F)cc1[C@@H](C)NC(=O)N1CC[C@H](C(N)=O)C1. The Hall–Kier alpha value is -2.31. The first kappa shape index (κ1) is 16.1. The van der Waals surface area contributed by atoms with E-state index in [1.165, 1.54) is 30.2 Å². The second kappa shape index (κ2) is 6.64. The summed E-state index contributed by atoms with van der Waals surface area (Å²) in [5.41, 5.74) is 5.81. The number of urea groups is 1. The second-order valence-electron chi connectivity index (χ2n) is 5.39. The number of nitrogens with one attached hydrogen (secondary N) is 1. The average Bonchev–Trinajstić information content (AvgIpc) is 2.97. The van der Waals surface area contributed by atoms with Gasteiger partial charge in [-0.05, 0) is 31.5 Å². The Labute approximate surface area is 128 Å². The van der Waals surface area contributed by atoms with Crippen molar-refractivity contribution in [2.24, 2.45) is 11.7 Å². The van der Waals surface area contributed by atoms with E-state index < -0.39 is 17.8 Å². The molecule has 6 nitrogen and oxygen atoms in total. The van der Waals surface area contributed by atoms with Gasteiger partial charge in [0.25, 0.3) is 0 Å². The van der Waals surface area contributed by atoms with E-state index in [1.54, 1.807) is 6.92 Å². The van der Waals surface area contributed by atoms with E-state index in [0.29, 0.717) is 30.8 Å². The summed E-state index contributed by atoms with van der Waals surface area (Å²) in [5, 5.41) is 2.79. The number of benzene rings is 1. The van der Waals surface area contributed by atoms with E-state index in [4.69, 9.17) is 10.5 Å². The van der Waals surface area contributed by atoms with Crippen LogP contribution in [0.3, 0.4) is 0 Å². The fourth-order valence-corrected chi connectivity index (χ4v) is 2.57. The Morgan fingerprint density at radius 3 is 2.82 bits per heavy atom. The van der Waals surface area contributed by atoms with Crippen LogP contribution in [0.1, 0.15) is 24.9 Å². The van der Waals surface area contributed by atoms with E-state index in [0.717, 1.165) is 0 Å². The topological polar surface area (TPSA) is 84.7 Å². The maximum atomic E-state index is 13.4. The molecule has 0 aliphatic carbocycles. The molecule has 120 valence electrons. The van der Waals surface area contributed by atoms with Crippen molar-refractivity contribution in [2.45, 2.75) is 19.4 Å². The zero-order valence-corrected chi connectivity index (χ0v) is 12.6. The molecule has 2 atom stereocenters. The quantitative estimate of drug-likeness (QED) is 0.882. The molecular formula is C15H20FN3O3. The normalized spacial score (nSPS) is 18.9. The largest absolute Gasteiger partial charge is 0.496 e. The number of hydrogen-bond donors (Lipinski definition) is 2. The Morgan fingerprint density at radius 1 is 1.50 bits per heavy atom. The van der Waals surface area contributed by atoms with E-state index in [9.17, 15) is 14.0 Å². The molecule has 0 spiro atoms. The summed E-state index contributed by atoms with van der Waals surface area (Å²) >= 11 is 0. The number of carbonyl (C=O) groups excluding carboxylic acids is 2. The van der Waals surface area contributed by atoms with Crippen molar-refractivity contribution in [3.63, 3.8) is 0 Å². The first-order chi connectivity index (χ1) is 10.4. The molecule has 0 saturated carbocycles. The Kier molecular flexibility index (Phi) is 4.85. The summed E-state index contributed by atoms with van der Waals surface area (Å²) in [7, 11) is 1.49. The summed E-state index contributed by atoms with van der Waals surface area (Å²) in [4.78, 5) is 24.9. The van der Waals surface area contributed by atoms with Crippen molar-refractivity contribution in [1.82, 2.24) is 10.2 Å². The van der Waals surface area contributed by atoms with Gasteiger partial charge in [-0.25, -0.2) is 9.18 Å². The van der Waals surface area contributed by atoms with Gasteiger partial charge in [0.15, 0.2) is 0 Å². The highest BCUT2D eigenvalue weighted by Gasteiger charge is 2.30. The molecule has 3 amide bonds. The van der Waals surface area contributed by atoms with Crippen molar-refractivity contribution in [2.75, 3.05) is 20.2 Å². The molecular weight excluding hydrogens is 289 g/mol. The van der Waals surface area contributed by atoms with Gasteiger partial charge in [0.2, 0.25) is 5.91 Å². The zero-order valence-electron chi connectivity index (χ0n) is 12.6. The maximum absolute atomic E-state index is 13.4. The Bertz CT molecular complexity index is 579. The summed E-state index contributed by atoms with van der Waals surface area (Å²) in [6.07, 6.45) is 0.570. The van der Waals surface area contributed by atoms with Gasteiger partial charge in [0.05, 0.1) is 19.1 Å². The number of hydrogen-bond acceptors (Lipinski definition) is 3. The van der Waals surface area contributed by atoms with Gasteiger partial charge >= 0.3 is 6.03 Å². The van der Waals surface area contributed by atoms with Crippen LogP contribution in [0.25, 0.3) is 0 Å². The molecule has 1 heterocycles. The van der Waals surface area contributed by atoms with Crippen LogP contribution in [-0.4, -0.2) is 37.0 Å². The monoisotopic (exact) mass is 309 g/mol. The number of likely N-dealkylation sites (tertiary alicyclic amines) is 1. The van der Waals surface area contributed by atoms with Gasteiger partial charge in [-0.2, -0.15) is 0 Å². The predicted octanol–water partition coefficient (Wildman–Crippen LogP) is 1.41. The summed E-state index contributed by atoms with van der Waals surface area (Å²) in [6.45, 7) is 2.54. The molecule has 1 aromatic carbocycles. The van der Waals surface area contributed by atoms with Gasteiger partial charge in [-0.15, -0.1) is 0 Å². The van der Waals surface area contributed by atoms with Gasteiger partial charge < -0.3 is 20.7 Å². The highest BCUT2D eigenvalue weighted by molar-refractivity contribution is 5.80. The molecule has 1 aromatic rings. The van der Waals surface area contributed by atoms with Crippen LogP contribution in [0.5, 0.6) is 5.75 Å². The Balaban J connectivity index is 2.03. The first-order valence-corrected chi connectivity index (χ1v) is 7.10. The van der Waals surface area contributed by atoms with E-state index >= 15 is 0 Å². The minimum atomic E-state index is -0.425. The van der Waals surface area contributed by atoms with Crippen molar-refractivity contribution >= 4 is 11.9 Å². The molecule has 0 radical (unpaired) electrons. The summed E-state index contributed by atoms with van der Waals surface area (Å²) in [6, 6.07) is 3.43. The zero-order chi connectivity index (χ0) is 16.3. The van der Waals surface area contributed by atoms with Crippen LogP contribution in [0.15, 0.2) is 18.2 Å². The van der Waals surface area contributed by atoms with Crippen molar-refractivity contribution in [3.8, 4) is 5.75 Å². The van der Waals surface area contributed by atoms with E-state index in [2.05, 4.69) is 5.32 Å². The second-order valence-corrected chi connectivity index (χ2v) is 5.39. The predicted molar refractivity (Wildman–Crippen MR) is 78.8 cm³/mol. The van der Waals surface area contributed by atoms with Crippen LogP contribution in [-0.2, 0) is 4.79 Å². The third kappa shape index (κ3) is 3.47. The van der Waals surface area contributed by atoms with Crippen LogP contribution in [0, 0.1) is 11.7 Å². The third-order valence-electron chi connectivity index (χ3n) is 3.88. The molecule has 1 fully saturated rings. The number of nitrogens with zero attached hydrogens (tertiary/aromatic N) is 1. The highest BCUT2D eigenvalue weighted by Crippen LogP contribution is 2.26. The number of nitrogens with two attached hydrogens (primary N) is 1. The van der Waals surface area contributed by atoms with Crippen LogP contribution in [0.2, 0.25) is 0 Å². The van der Waals surface area contributed by atoms with Crippen LogP contribution >= 0.6 is 0 Å². The fraction of sp³-hybridized carbons (Fsp3) is 0.467. The molecule has 22 heavy (non-hydrogen) atoms. The molecule has 1 aliphatic rings. The molecule has 0 aromatic heterocycles. The fourth-order valence-electron chi connectivity index (χ4n) is 2.57. The highest BCUT2D eigenvalue weighted by atomic mass is 19.1. The van der Waals surface area contributed by atoms with Crippen molar-refractivity contribution < 1.29 is 18.7 Å². The standard InChI is InChI=1S/C15H20FN3O3/c1-9(12-7-11(16)3-4-13(12)22-2)18-15(21)19-6-5-10(8-19)14(17)20/h3-4,7,9-10H,5-6,8H2,1-2H3,(H2,17,20)(H,18,21)/t9-,10+/m1/s1. The molecule has 1 saturated heterocycles. The number of halogens is 1. The number of carbonyl (C=O) groups is 2.